The molecule has 0 amide bonds. The van der Waals surface area contributed by atoms with Gasteiger partial charge in [0.15, 0.2) is 0 Å². The Bertz CT molecular complexity index is 406. The second kappa shape index (κ2) is 2.52. The maximum Gasteiger partial charge on any atom is 0.240 e. The van der Waals surface area contributed by atoms with Gasteiger partial charge in [0.2, 0.25) is 5.88 Å². The minimum atomic E-state index is 0.657. The Labute approximate surface area is 70.6 Å². The lowest BCUT2D eigenvalue weighted by molar-refractivity contribution is 0.396. The van der Waals surface area contributed by atoms with Crippen LogP contribution in [-0.2, 0) is 7.05 Å². The van der Waals surface area contributed by atoms with Crippen LogP contribution in [0.1, 0.15) is 0 Å². The second-order valence-corrected chi connectivity index (χ2v) is 2.58. The van der Waals surface area contributed by atoms with Crippen LogP contribution in [0, 0.1) is 6.07 Å². The van der Waals surface area contributed by atoms with E-state index in [0.717, 1.165) is 10.9 Å². The van der Waals surface area contributed by atoms with Gasteiger partial charge in [0.25, 0.3) is 0 Å². The Balaban J connectivity index is 2.82. The van der Waals surface area contributed by atoms with Crippen LogP contribution < -0.4 is 4.74 Å². The molecule has 0 saturated carbocycles. The van der Waals surface area contributed by atoms with Gasteiger partial charge in [0, 0.05) is 7.05 Å². The molecule has 0 atom stereocenters. The average Bonchev–Trinajstić information content (AvgIpc) is 2.44. The first kappa shape index (κ1) is 7.16. The Morgan fingerprint density at radius 3 is 3.17 bits per heavy atom. The number of aryl methyl sites for hydroxylation is 1. The molecule has 1 radical (unpaired) electrons. The Hall–Kier alpha value is -1.51. The summed E-state index contributed by atoms with van der Waals surface area (Å²) in [4.78, 5) is 0. The summed E-state index contributed by atoms with van der Waals surface area (Å²) in [5, 5.41) is 5.18. The molecule has 2 aromatic rings. The molecule has 61 valence electrons. The number of rotatable bonds is 1. The zero-order valence-corrected chi connectivity index (χ0v) is 7.03. The van der Waals surface area contributed by atoms with E-state index in [1.165, 1.54) is 0 Å². The molecular weight excluding hydrogens is 152 g/mol. The predicted octanol–water partition coefficient (Wildman–Crippen LogP) is 1.38. The molecule has 0 bridgehead atoms. The number of nitrogens with zero attached hydrogens (tertiary/aromatic N) is 2. The van der Waals surface area contributed by atoms with Crippen molar-refractivity contribution >= 4 is 10.9 Å². The van der Waals surface area contributed by atoms with E-state index in [-0.39, 0.29) is 0 Å². The minimum absolute atomic E-state index is 0.657. The molecule has 0 unspecified atom stereocenters. The van der Waals surface area contributed by atoms with E-state index < -0.39 is 0 Å². The molecule has 0 fully saturated rings. The maximum absolute atomic E-state index is 5.10. The minimum Gasteiger partial charge on any atom is -0.479 e. The van der Waals surface area contributed by atoms with Gasteiger partial charge in [-0.15, -0.1) is 5.10 Å². The summed E-state index contributed by atoms with van der Waals surface area (Å²) in [6.07, 6.45) is 0. The van der Waals surface area contributed by atoms with Crippen LogP contribution in [0.25, 0.3) is 10.9 Å². The largest absolute Gasteiger partial charge is 0.479 e. The van der Waals surface area contributed by atoms with Gasteiger partial charge in [-0.2, -0.15) is 0 Å². The predicted molar refractivity (Wildman–Crippen MR) is 46.1 cm³/mol. The van der Waals surface area contributed by atoms with Crippen LogP contribution in [0.2, 0.25) is 0 Å². The molecule has 1 heterocycles. The summed E-state index contributed by atoms with van der Waals surface area (Å²) in [6.45, 7) is 0. The fraction of sp³-hybridized carbons (Fsp3) is 0.222. The highest BCUT2D eigenvalue weighted by atomic mass is 16.5. The van der Waals surface area contributed by atoms with Crippen LogP contribution in [0.4, 0.5) is 0 Å². The molecule has 0 N–H and O–H groups in total. The first-order valence-electron chi connectivity index (χ1n) is 3.69. The highest BCUT2D eigenvalue weighted by molar-refractivity contribution is 5.84. The van der Waals surface area contributed by atoms with Crippen molar-refractivity contribution in [2.45, 2.75) is 0 Å². The van der Waals surface area contributed by atoms with E-state index in [9.17, 15) is 0 Å². The Morgan fingerprint density at radius 1 is 1.58 bits per heavy atom. The number of ether oxygens (including phenoxy) is 1. The van der Waals surface area contributed by atoms with E-state index in [1.807, 2.05) is 25.2 Å². The molecule has 0 aliphatic rings. The highest BCUT2D eigenvalue weighted by Crippen LogP contribution is 2.22. The number of aromatic nitrogens is 2. The summed E-state index contributed by atoms with van der Waals surface area (Å²) < 4.78 is 6.89. The zero-order valence-electron chi connectivity index (χ0n) is 7.03. The molecule has 1 aromatic carbocycles. The van der Waals surface area contributed by atoms with Gasteiger partial charge in [-0.3, -0.25) is 4.68 Å². The number of hydrogen-bond donors (Lipinski definition) is 0. The van der Waals surface area contributed by atoms with E-state index >= 15 is 0 Å². The number of benzene rings is 1. The van der Waals surface area contributed by atoms with Crippen molar-refractivity contribution in [1.82, 2.24) is 9.78 Å². The lowest BCUT2D eigenvalue weighted by Crippen LogP contribution is -1.89. The SMILES string of the molecule is COc1nn(C)c2cc[c]cc12. The summed E-state index contributed by atoms with van der Waals surface area (Å²) in [5.74, 6) is 0.657. The van der Waals surface area contributed by atoms with Crippen molar-refractivity contribution in [1.29, 1.82) is 0 Å². The van der Waals surface area contributed by atoms with Gasteiger partial charge in [-0.25, -0.2) is 0 Å². The maximum atomic E-state index is 5.10. The molecule has 3 heteroatoms. The zero-order chi connectivity index (χ0) is 8.55. The van der Waals surface area contributed by atoms with Crippen molar-refractivity contribution in [3.8, 4) is 5.88 Å². The molecule has 3 nitrogen and oxygen atoms in total. The van der Waals surface area contributed by atoms with Crippen molar-refractivity contribution in [2.75, 3.05) is 7.11 Å². The van der Waals surface area contributed by atoms with Gasteiger partial charge >= 0.3 is 0 Å². The summed E-state index contributed by atoms with van der Waals surface area (Å²) in [6, 6.07) is 8.69. The molecule has 0 saturated heterocycles. The molecule has 2 rings (SSSR count). The van der Waals surface area contributed by atoms with Crippen LogP contribution in [0.15, 0.2) is 18.2 Å². The standard InChI is InChI=1S/C9H9N2O/c1-11-8-6-4-3-5-7(8)9(10-11)12-2/h4-6H,1-2H3. The van der Waals surface area contributed by atoms with E-state index in [2.05, 4.69) is 11.2 Å². The fourth-order valence-corrected chi connectivity index (χ4v) is 1.27. The van der Waals surface area contributed by atoms with Gasteiger partial charge in [-0.05, 0) is 18.2 Å². The molecule has 1 aromatic heterocycles. The Kier molecular flexibility index (Phi) is 1.50. The number of hydrogen-bond acceptors (Lipinski definition) is 2. The highest BCUT2D eigenvalue weighted by Gasteiger charge is 2.05. The van der Waals surface area contributed by atoms with Crippen molar-refractivity contribution in [3.05, 3.63) is 24.3 Å². The summed E-state index contributed by atoms with van der Waals surface area (Å²) in [7, 11) is 3.51. The van der Waals surface area contributed by atoms with Crippen LogP contribution in [-0.4, -0.2) is 16.9 Å². The van der Waals surface area contributed by atoms with Crippen LogP contribution in [0.3, 0.4) is 0 Å². The average molecular weight is 161 g/mol. The van der Waals surface area contributed by atoms with E-state index in [1.54, 1.807) is 11.8 Å². The van der Waals surface area contributed by atoms with Crippen molar-refractivity contribution in [2.24, 2.45) is 7.05 Å². The summed E-state index contributed by atoms with van der Waals surface area (Å²) in [5.41, 5.74) is 1.06. The first-order valence-corrected chi connectivity index (χ1v) is 3.69. The Morgan fingerprint density at radius 2 is 2.42 bits per heavy atom. The molecule has 12 heavy (non-hydrogen) atoms. The smallest absolute Gasteiger partial charge is 0.240 e. The first-order chi connectivity index (χ1) is 5.83. The number of methoxy groups -OCH3 is 1. The van der Waals surface area contributed by atoms with Crippen molar-refractivity contribution in [3.63, 3.8) is 0 Å². The third-order valence-corrected chi connectivity index (χ3v) is 1.85. The lowest BCUT2D eigenvalue weighted by Gasteiger charge is -1.91. The monoisotopic (exact) mass is 161 g/mol. The lowest BCUT2D eigenvalue weighted by atomic mass is 10.2. The van der Waals surface area contributed by atoms with Gasteiger partial charge in [-0.1, -0.05) is 6.07 Å². The quantitative estimate of drug-likeness (QED) is 0.631. The third kappa shape index (κ3) is 0.863. The topological polar surface area (TPSA) is 27.1 Å². The van der Waals surface area contributed by atoms with E-state index in [4.69, 9.17) is 4.74 Å². The fourth-order valence-electron chi connectivity index (χ4n) is 1.27. The molecular formula is C9H9N2O. The molecule has 0 aliphatic heterocycles. The van der Waals surface area contributed by atoms with Crippen LogP contribution in [0.5, 0.6) is 5.88 Å². The third-order valence-electron chi connectivity index (χ3n) is 1.85. The van der Waals surface area contributed by atoms with Crippen LogP contribution >= 0.6 is 0 Å². The van der Waals surface area contributed by atoms with Gasteiger partial charge in [0.1, 0.15) is 0 Å². The van der Waals surface area contributed by atoms with E-state index in [0.29, 0.717) is 5.88 Å². The molecule has 0 aliphatic carbocycles. The number of fused-ring (bicyclic) bond motifs is 1. The molecule has 0 spiro atoms. The van der Waals surface area contributed by atoms with Gasteiger partial charge in [0.05, 0.1) is 18.0 Å². The van der Waals surface area contributed by atoms with Gasteiger partial charge < -0.3 is 4.74 Å². The summed E-state index contributed by atoms with van der Waals surface area (Å²) >= 11 is 0. The normalized spacial score (nSPS) is 10.5. The van der Waals surface area contributed by atoms with Crippen molar-refractivity contribution < 1.29 is 4.74 Å². The second-order valence-electron chi connectivity index (χ2n) is 2.58.